The quantitative estimate of drug-likeness (QED) is 0.860. The second kappa shape index (κ2) is 7.57. The van der Waals surface area contributed by atoms with Gasteiger partial charge in [0.05, 0.1) is 17.2 Å². The van der Waals surface area contributed by atoms with Crippen molar-refractivity contribution in [1.29, 1.82) is 0 Å². The summed E-state index contributed by atoms with van der Waals surface area (Å²) in [6.45, 7) is 2.53. The smallest absolute Gasteiger partial charge is 0.394 e. The normalized spacial score (nSPS) is 17.7. The lowest BCUT2D eigenvalue weighted by molar-refractivity contribution is -0.137. The Morgan fingerprint density at radius 1 is 1.50 bits per heavy atom. The first-order valence-corrected chi connectivity index (χ1v) is 7.99. The molecule has 0 bridgehead atoms. The zero-order valence-corrected chi connectivity index (χ0v) is 13.9. The van der Waals surface area contributed by atoms with Crippen molar-refractivity contribution in [3.63, 3.8) is 0 Å². The van der Waals surface area contributed by atoms with E-state index in [4.69, 9.17) is 16.7 Å². The highest BCUT2D eigenvalue weighted by molar-refractivity contribution is 6.33. The summed E-state index contributed by atoms with van der Waals surface area (Å²) in [4.78, 5) is 17.6. The third-order valence-electron chi connectivity index (χ3n) is 3.98. The van der Waals surface area contributed by atoms with E-state index in [9.17, 15) is 18.0 Å². The van der Waals surface area contributed by atoms with Gasteiger partial charge in [0.1, 0.15) is 5.82 Å². The number of nitrogens with one attached hydrogen (secondary N) is 1. The van der Waals surface area contributed by atoms with Crippen LogP contribution in [0.15, 0.2) is 12.3 Å². The van der Waals surface area contributed by atoms with Gasteiger partial charge in [-0.25, -0.2) is 4.98 Å². The van der Waals surface area contributed by atoms with Gasteiger partial charge in [-0.1, -0.05) is 11.6 Å². The number of rotatable bonds is 4. The molecule has 134 valence electrons. The molecular formula is C15H19ClF3N3O2. The zero-order chi connectivity index (χ0) is 17.9. The van der Waals surface area contributed by atoms with Gasteiger partial charge in [0, 0.05) is 31.2 Å². The summed E-state index contributed by atoms with van der Waals surface area (Å²) in [5, 5.41) is 11.6. The van der Waals surface area contributed by atoms with Crippen molar-refractivity contribution in [2.75, 3.05) is 24.6 Å². The van der Waals surface area contributed by atoms with Crippen LogP contribution in [0.3, 0.4) is 0 Å². The first kappa shape index (κ1) is 18.8. The summed E-state index contributed by atoms with van der Waals surface area (Å²) >= 11 is 5.94. The molecule has 1 amide bonds. The molecule has 1 atom stereocenters. The molecule has 1 unspecified atom stereocenters. The molecule has 2 N–H and O–H groups in total. The highest BCUT2D eigenvalue weighted by Gasteiger charge is 2.33. The summed E-state index contributed by atoms with van der Waals surface area (Å²) in [5.74, 6) is -0.0154. The maximum Gasteiger partial charge on any atom is 0.417 e. The summed E-state index contributed by atoms with van der Waals surface area (Å²) in [5.41, 5.74) is -0.886. The van der Waals surface area contributed by atoms with Gasteiger partial charge >= 0.3 is 6.18 Å². The zero-order valence-electron chi connectivity index (χ0n) is 13.1. The first-order valence-electron chi connectivity index (χ1n) is 7.61. The molecule has 24 heavy (non-hydrogen) atoms. The van der Waals surface area contributed by atoms with Crippen LogP contribution >= 0.6 is 11.6 Å². The highest BCUT2D eigenvalue weighted by atomic mass is 35.5. The number of carbonyl (C=O) groups excluding carboxylic acids is 1. The molecule has 1 aromatic heterocycles. The molecule has 5 nitrogen and oxygen atoms in total. The molecule has 1 aliphatic heterocycles. The molecule has 1 aromatic rings. The van der Waals surface area contributed by atoms with Crippen LogP contribution in [0, 0.1) is 5.92 Å². The lowest BCUT2D eigenvalue weighted by Crippen LogP contribution is -2.44. The number of anilines is 1. The van der Waals surface area contributed by atoms with Gasteiger partial charge in [-0.15, -0.1) is 0 Å². The van der Waals surface area contributed by atoms with Crippen LogP contribution in [0.4, 0.5) is 19.0 Å². The Morgan fingerprint density at radius 3 is 2.62 bits per heavy atom. The number of nitrogens with zero attached hydrogens (tertiary/aromatic N) is 2. The van der Waals surface area contributed by atoms with Crippen LogP contribution in [0.5, 0.6) is 0 Å². The minimum atomic E-state index is -4.48. The molecule has 1 saturated heterocycles. The fourth-order valence-corrected chi connectivity index (χ4v) is 2.86. The summed E-state index contributed by atoms with van der Waals surface area (Å²) < 4.78 is 37.9. The van der Waals surface area contributed by atoms with E-state index >= 15 is 0 Å². The monoisotopic (exact) mass is 365 g/mol. The van der Waals surface area contributed by atoms with Crippen LogP contribution in [0.25, 0.3) is 0 Å². The average molecular weight is 366 g/mol. The fourth-order valence-electron chi connectivity index (χ4n) is 2.58. The number of aliphatic hydroxyl groups excluding tert-OH is 1. The minimum Gasteiger partial charge on any atom is -0.394 e. The number of alkyl halides is 3. The van der Waals surface area contributed by atoms with Crippen LogP contribution in [0.2, 0.25) is 5.02 Å². The van der Waals surface area contributed by atoms with Crippen LogP contribution in [-0.2, 0) is 11.0 Å². The molecular weight excluding hydrogens is 347 g/mol. The van der Waals surface area contributed by atoms with E-state index in [1.165, 1.54) is 0 Å². The van der Waals surface area contributed by atoms with Crippen molar-refractivity contribution in [3.05, 3.63) is 22.8 Å². The van der Waals surface area contributed by atoms with E-state index in [2.05, 4.69) is 10.3 Å². The Hall–Kier alpha value is -1.54. The lowest BCUT2D eigenvalue weighted by Gasteiger charge is -2.33. The molecule has 0 aromatic carbocycles. The van der Waals surface area contributed by atoms with Crippen LogP contribution < -0.4 is 10.2 Å². The molecule has 0 saturated carbocycles. The second-order valence-corrected chi connectivity index (χ2v) is 6.29. The number of carbonyl (C=O) groups is 1. The number of hydrogen-bond acceptors (Lipinski definition) is 4. The standard InChI is InChI=1S/C15H19ClF3N3O2/c1-9(8-23)21-14(24)10-2-4-22(5-3-10)13-12(16)6-11(7-20-13)15(17,18)19/h6-7,9-10,23H,2-5,8H2,1H3,(H,21,24). The van der Waals surface area contributed by atoms with E-state index in [1.807, 2.05) is 0 Å². The number of aromatic nitrogens is 1. The molecule has 1 fully saturated rings. The van der Waals surface area contributed by atoms with Crippen LogP contribution in [-0.4, -0.2) is 41.7 Å². The van der Waals surface area contributed by atoms with Crippen molar-refractivity contribution in [1.82, 2.24) is 10.3 Å². The largest absolute Gasteiger partial charge is 0.417 e. The highest BCUT2D eigenvalue weighted by Crippen LogP contribution is 2.34. The van der Waals surface area contributed by atoms with Gasteiger partial charge in [0.25, 0.3) is 0 Å². The van der Waals surface area contributed by atoms with Crippen molar-refractivity contribution >= 4 is 23.3 Å². The lowest BCUT2D eigenvalue weighted by atomic mass is 9.95. The third-order valence-corrected chi connectivity index (χ3v) is 4.26. The number of halogens is 4. The summed E-state index contributed by atoms with van der Waals surface area (Å²) in [6.07, 6.45) is -2.63. The van der Waals surface area contributed by atoms with Gasteiger partial charge in [0.15, 0.2) is 0 Å². The predicted molar refractivity (Wildman–Crippen MR) is 83.9 cm³/mol. The number of hydrogen-bond donors (Lipinski definition) is 2. The Bertz CT molecular complexity index is 590. The summed E-state index contributed by atoms with van der Waals surface area (Å²) in [6, 6.07) is 0.563. The Morgan fingerprint density at radius 2 is 2.12 bits per heavy atom. The Balaban J connectivity index is 1.98. The number of pyridine rings is 1. The Kier molecular flexibility index (Phi) is 5.92. The van der Waals surface area contributed by atoms with E-state index in [0.717, 1.165) is 12.3 Å². The number of aliphatic hydroxyl groups is 1. The van der Waals surface area contributed by atoms with Gasteiger partial charge in [-0.2, -0.15) is 13.2 Å². The van der Waals surface area contributed by atoms with Gasteiger partial charge in [-0.05, 0) is 25.8 Å². The maximum absolute atomic E-state index is 12.6. The molecule has 0 radical (unpaired) electrons. The van der Waals surface area contributed by atoms with E-state index in [1.54, 1.807) is 11.8 Å². The molecule has 2 heterocycles. The van der Waals surface area contributed by atoms with Crippen LogP contribution in [0.1, 0.15) is 25.3 Å². The SMILES string of the molecule is CC(CO)NC(=O)C1CCN(c2ncc(C(F)(F)F)cc2Cl)CC1. The van der Waals surface area contributed by atoms with Crippen molar-refractivity contribution in [2.24, 2.45) is 5.92 Å². The van der Waals surface area contributed by atoms with Crippen molar-refractivity contribution in [2.45, 2.75) is 32.0 Å². The molecule has 1 aliphatic rings. The molecule has 9 heteroatoms. The third kappa shape index (κ3) is 4.51. The Labute approximate surface area is 142 Å². The topological polar surface area (TPSA) is 65.5 Å². The molecule has 0 spiro atoms. The number of amides is 1. The van der Waals surface area contributed by atoms with Crippen molar-refractivity contribution in [3.8, 4) is 0 Å². The first-order chi connectivity index (χ1) is 11.2. The van der Waals surface area contributed by atoms with E-state index in [0.29, 0.717) is 31.7 Å². The van der Waals surface area contributed by atoms with Gasteiger partial charge in [0.2, 0.25) is 5.91 Å². The maximum atomic E-state index is 12.6. The van der Waals surface area contributed by atoms with E-state index in [-0.39, 0.29) is 29.5 Å². The van der Waals surface area contributed by atoms with E-state index < -0.39 is 11.7 Å². The minimum absolute atomic E-state index is 0.0540. The fraction of sp³-hybridized carbons (Fsp3) is 0.600. The van der Waals surface area contributed by atoms with Gasteiger partial charge < -0.3 is 15.3 Å². The van der Waals surface area contributed by atoms with Crippen molar-refractivity contribution < 1.29 is 23.1 Å². The molecule has 0 aliphatic carbocycles. The average Bonchev–Trinajstić information content (AvgIpc) is 2.54. The second-order valence-electron chi connectivity index (χ2n) is 5.88. The summed E-state index contributed by atoms with van der Waals surface area (Å²) in [7, 11) is 0. The number of piperidine rings is 1. The predicted octanol–water partition coefficient (Wildman–Crippen LogP) is 2.47. The molecule has 2 rings (SSSR count). The van der Waals surface area contributed by atoms with Gasteiger partial charge in [-0.3, -0.25) is 4.79 Å².